The normalized spacial score (nSPS) is 16.0. The van der Waals surface area contributed by atoms with E-state index >= 15 is 0 Å². The maximum atomic E-state index is 12.2. The minimum atomic E-state index is -3.55. The first-order valence-electron chi connectivity index (χ1n) is 7.15. The van der Waals surface area contributed by atoms with Gasteiger partial charge in [0.2, 0.25) is 10.0 Å². The number of nitrogens with one attached hydrogen (secondary N) is 1. The fraction of sp³-hybridized carbons (Fsp3) is 0.533. The van der Waals surface area contributed by atoms with Gasteiger partial charge in [0.15, 0.2) is 0 Å². The average molecular weight is 308 g/mol. The topological polar surface area (TPSA) is 79.2 Å². The summed E-state index contributed by atoms with van der Waals surface area (Å²) < 4.78 is 32.6. The number of ether oxygens (including phenoxy) is 1. The fourth-order valence-corrected chi connectivity index (χ4v) is 3.79. The molecule has 1 fully saturated rings. The van der Waals surface area contributed by atoms with Crippen LogP contribution in [0.15, 0.2) is 23.1 Å². The molecule has 1 aliphatic carbocycles. The molecule has 0 amide bonds. The minimum absolute atomic E-state index is 0.211. The number of sulfonamides is 1. The lowest BCUT2D eigenvalue weighted by Crippen LogP contribution is -2.29. The average Bonchev–Trinajstić information content (AvgIpc) is 2.96. The van der Waals surface area contributed by atoms with E-state index in [4.69, 9.17) is 10.00 Å². The number of hydrogen-bond donors (Lipinski definition) is 1. The van der Waals surface area contributed by atoms with Gasteiger partial charge in [0.05, 0.1) is 29.2 Å². The maximum Gasteiger partial charge on any atom is 0.240 e. The van der Waals surface area contributed by atoms with Gasteiger partial charge in [0, 0.05) is 6.54 Å². The molecule has 114 valence electrons. The molecule has 0 bridgehead atoms. The van der Waals surface area contributed by atoms with E-state index in [1.807, 2.05) is 6.07 Å². The third kappa shape index (κ3) is 4.27. The standard InChI is InChI=1S/C15H20N2O3S/c1-12-10-13(11-16)6-7-15(12)21(18,19)17-8-9-20-14-4-2-3-5-14/h6-7,10,14,17H,2-5,8-9H2,1H3. The van der Waals surface area contributed by atoms with Crippen LogP contribution in [0.5, 0.6) is 0 Å². The van der Waals surface area contributed by atoms with E-state index in [9.17, 15) is 8.42 Å². The fourth-order valence-electron chi connectivity index (χ4n) is 2.55. The number of benzene rings is 1. The molecule has 1 aromatic carbocycles. The van der Waals surface area contributed by atoms with Gasteiger partial charge in [-0.25, -0.2) is 13.1 Å². The molecule has 2 rings (SSSR count). The smallest absolute Gasteiger partial charge is 0.240 e. The summed E-state index contributed by atoms with van der Waals surface area (Å²) in [6.07, 6.45) is 4.82. The van der Waals surface area contributed by atoms with Crippen LogP contribution in [0.1, 0.15) is 36.8 Å². The van der Waals surface area contributed by atoms with Crippen LogP contribution in [0.4, 0.5) is 0 Å². The molecule has 0 saturated heterocycles. The highest BCUT2D eigenvalue weighted by molar-refractivity contribution is 7.89. The highest BCUT2D eigenvalue weighted by atomic mass is 32.2. The van der Waals surface area contributed by atoms with Gasteiger partial charge in [-0.05, 0) is 43.5 Å². The number of nitriles is 1. The Morgan fingerprint density at radius 1 is 1.38 bits per heavy atom. The van der Waals surface area contributed by atoms with Crippen molar-refractivity contribution < 1.29 is 13.2 Å². The van der Waals surface area contributed by atoms with Crippen molar-refractivity contribution in [3.8, 4) is 6.07 Å². The van der Waals surface area contributed by atoms with E-state index in [1.165, 1.54) is 25.0 Å². The SMILES string of the molecule is Cc1cc(C#N)ccc1S(=O)(=O)NCCOC1CCCC1. The Morgan fingerprint density at radius 3 is 2.71 bits per heavy atom. The zero-order valence-electron chi connectivity index (χ0n) is 12.1. The molecule has 1 aliphatic rings. The highest BCUT2D eigenvalue weighted by Gasteiger charge is 2.18. The summed E-state index contributed by atoms with van der Waals surface area (Å²) >= 11 is 0. The quantitative estimate of drug-likeness (QED) is 0.816. The predicted octanol–water partition coefficient (Wildman–Crippen LogP) is 2.10. The molecule has 0 unspecified atom stereocenters. The Morgan fingerprint density at radius 2 is 2.10 bits per heavy atom. The van der Waals surface area contributed by atoms with Crippen molar-refractivity contribution in [2.24, 2.45) is 0 Å². The van der Waals surface area contributed by atoms with Gasteiger partial charge in [-0.2, -0.15) is 5.26 Å². The van der Waals surface area contributed by atoms with Gasteiger partial charge >= 0.3 is 0 Å². The largest absolute Gasteiger partial charge is 0.377 e. The Kier molecular flexibility index (Phi) is 5.34. The molecular formula is C15H20N2O3S. The van der Waals surface area contributed by atoms with E-state index in [1.54, 1.807) is 13.0 Å². The Balaban J connectivity index is 1.90. The van der Waals surface area contributed by atoms with Gasteiger partial charge < -0.3 is 4.74 Å². The van der Waals surface area contributed by atoms with Crippen molar-refractivity contribution >= 4 is 10.0 Å². The van der Waals surface area contributed by atoms with Crippen molar-refractivity contribution in [1.29, 1.82) is 5.26 Å². The Bertz CT molecular complexity index is 629. The van der Waals surface area contributed by atoms with Crippen molar-refractivity contribution in [3.63, 3.8) is 0 Å². The molecule has 6 heteroatoms. The number of aryl methyl sites for hydroxylation is 1. The van der Waals surface area contributed by atoms with Crippen LogP contribution in [0.25, 0.3) is 0 Å². The summed E-state index contributed by atoms with van der Waals surface area (Å²) in [4.78, 5) is 0.211. The lowest BCUT2D eigenvalue weighted by molar-refractivity contribution is 0.0626. The van der Waals surface area contributed by atoms with Crippen LogP contribution < -0.4 is 4.72 Å². The summed E-state index contributed by atoms with van der Waals surface area (Å²) in [6, 6.07) is 6.54. The van der Waals surface area contributed by atoms with Crippen molar-refractivity contribution in [3.05, 3.63) is 29.3 Å². The Labute approximate surface area is 126 Å². The van der Waals surface area contributed by atoms with Crippen molar-refractivity contribution in [2.45, 2.75) is 43.6 Å². The van der Waals surface area contributed by atoms with Gasteiger partial charge in [0.25, 0.3) is 0 Å². The summed E-state index contributed by atoms with van der Waals surface area (Å²) in [5.41, 5.74) is 1.02. The monoisotopic (exact) mass is 308 g/mol. The summed E-state index contributed by atoms with van der Waals surface area (Å²) in [6.45, 7) is 2.34. The highest BCUT2D eigenvalue weighted by Crippen LogP contribution is 2.20. The maximum absolute atomic E-state index is 12.2. The van der Waals surface area contributed by atoms with Crippen LogP contribution in [0, 0.1) is 18.3 Å². The minimum Gasteiger partial charge on any atom is -0.377 e. The second-order valence-electron chi connectivity index (χ2n) is 5.27. The van der Waals surface area contributed by atoms with E-state index in [-0.39, 0.29) is 17.5 Å². The van der Waals surface area contributed by atoms with Crippen LogP contribution in [0.3, 0.4) is 0 Å². The molecule has 0 spiro atoms. The molecule has 0 aromatic heterocycles. The second-order valence-corrected chi connectivity index (χ2v) is 7.00. The third-order valence-electron chi connectivity index (χ3n) is 3.64. The van der Waals surface area contributed by atoms with Gasteiger partial charge in [-0.3, -0.25) is 0 Å². The van der Waals surface area contributed by atoms with E-state index in [0.29, 0.717) is 17.7 Å². The molecule has 5 nitrogen and oxygen atoms in total. The summed E-state index contributed by atoms with van der Waals surface area (Å²) in [7, 11) is -3.55. The second kappa shape index (κ2) is 7.03. The van der Waals surface area contributed by atoms with Crippen molar-refractivity contribution in [2.75, 3.05) is 13.2 Å². The van der Waals surface area contributed by atoms with E-state index in [2.05, 4.69) is 4.72 Å². The van der Waals surface area contributed by atoms with E-state index in [0.717, 1.165) is 12.8 Å². The molecule has 0 radical (unpaired) electrons. The molecule has 0 aliphatic heterocycles. The molecule has 0 atom stereocenters. The van der Waals surface area contributed by atoms with E-state index < -0.39 is 10.0 Å². The van der Waals surface area contributed by atoms with Crippen LogP contribution >= 0.6 is 0 Å². The third-order valence-corrected chi connectivity index (χ3v) is 5.26. The predicted molar refractivity (Wildman–Crippen MR) is 79.3 cm³/mol. The first kappa shape index (κ1) is 16.0. The van der Waals surface area contributed by atoms with Gasteiger partial charge in [-0.1, -0.05) is 12.8 Å². The lowest BCUT2D eigenvalue weighted by Gasteiger charge is -2.12. The van der Waals surface area contributed by atoms with Gasteiger partial charge in [0.1, 0.15) is 0 Å². The summed E-state index contributed by atoms with van der Waals surface area (Å²) in [5.74, 6) is 0. The molecular weight excluding hydrogens is 288 g/mol. The number of rotatable bonds is 6. The molecule has 21 heavy (non-hydrogen) atoms. The molecule has 1 N–H and O–H groups in total. The zero-order chi connectivity index (χ0) is 15.3. The van der Waals surface area contributed by atoms with Crippen LogP contribution in [0.2, 0.25) is 0 Å². The lowest BCUT2D eigenvalue weighted by atomic mass is 10.2. The Hall–Kier alpha value is -1.42. The van der Waals surface area contributed by atoms with Crippen molar-refractivity contribution in [1.82, 2.24) is 4.72 Å². The van der Waals surface area contributed by atoms with Crippen LogP contribution in [-0.2, 0) is 14.8 Å². The number of nitrogens with zero attached hydrogens (tertiary/aromatic N) is 1. The number of hydrogen-bond acceptors (Lipinski definition) is 4. The zero-order valence-corrected chi connectivity index (χ0v) is 12.9. The first-order valence-corrected chi connectivity index (χ1v) is 8.63. The van der Waals surface area contributed by atoms with Crippen LogP contribution in [-0.4, -0.2) is 27.7 Å². The molecule has 1 saturated carbocycles. The summed E-state index contributed by atoms with van der Waals surface area (Å²) in [5, 5.41) is 8.80. The first-order chi connectivity index (χ1) is 10.0. The molecule has 1 aromatic rings. The van der Waals surface area contributed by atoms with Gasteiger partial charge in [-0.15, -0.1) is 0 Å². The molecule has 0 heterocycles.